The molecule has 4 rings (SSSR count). The van der Waals surface area contributed by atoms with E-state index in [1.54, 1.807) is 12.1 Å². The molecule has 0 bridgehead atoms. The molecule has 0 saturated heterocycles. The maximum atomic E-state index is 15.2. The number of nitrogens with zero attached hydrogens (tertiary/aromatic N) is 1. The molecule has 0 heterocycles. The monoisotopic (exact) mass is 522 g/mol. The van der Waals surface area contributed by atoms with Crippen molar-refractivity contribution in [1.29, 1.82) is 0 Å². The second-order valence-electron chi connectivity index (χ2n) is 8.19. The molecule has 34 heavy (non-hydrogen) atoms. The molecule has 176 valence electrons. The van der Waals surface area contributed by atoms with E-state index in [1.165, 1.54) is 54.4 Å². The predicted molar refractivity (Wildman–Crippen MR) is 131 cm³/mol. The minimum absolute atomic E-state index is 0.180. The molecular formula is C25H19Cl3F2N2O2. The normalized spacial score (nSPS) is 18.3. The summed E-state index contributed by atoms with van der Waals surface area (Å²) in [4.78, 5) is 27.0. The van der Waals surface area contributed by atoms with E-state index in [2.05, 4.69) is 5.32 Å². The highest BCUT2D eigenvalue weighted by molar-refractivity contribution is 6.53. The Morgan fingerprint density at radius 2 is 1.71 bits per heavy atom. The molecule has 2 unspecified atom stereocenters. The number of halogens is 5. The first-order valence-electron chi connectivity index (χ1n) is 10.3. The fraction of sp³-hybridized carbons (Fsp3) is 0.200. The number of hydrogen-bond acceptors (Lipinski definition) is 2. The molecule has 0 spiro atoms. The third-order valence-electron chi connectivity index (χ3n) is 5.77. The summed E-state index contributed by atoms with van der Waals surface area (Å²) in [6.07, 6.45) is 0. The van der Waals surface area contributed by atoms with Crippen LogP contribution in [-0.2, 0) is 4.79 Å². The largest absolute Gasteiger partial charge is 0.323 e. The third kappa shape index (κ3) is 4.63. The molecule has 1 aliphatic rings. The minimum Gasteiger partial charge on any atom is -0.323 e. The lowest BCUT2D eigenvalue weighted by atomic mass is 10.1. The molecule has 0 radical (unpaired) electrons. The molecule has 1 saturated carbocycles. The van der Waals surface area contributed by atoms with E-state index in [1.807, 2.05) is 13.0 Å². The number of amides is 2. The smallest absolute Gasteiger partial charge is 0.261 e. The zero-order valence-electron chi connectivity index (χ0n) is 18.1. The highest BCUT2D eigenvalue weighted by Crippen LogP contribution is 2.65. The highest BCUT2D eigenvalue weighted by atomic mass is 35.5. The Morgan fingerprint density at radius 3 is 2.35 bits per heavy atom. The molecule has 1 fully saturated rings. The van der Waals surface area contributed by atoms with Gasteiger partial charge in [-0.15, -0.1) is 23.2 Å². The van der Waals surface area contributed by atoms with E-state index in [0.717, 1.165) is 5.56 Å². The zero-order chi connectivity index (χ0) is 24.8. The first kappa shape index (κ1) is 24.5. The summed E-state index contributed by atoms with van der Waals surface area (Å²) >= 11 is 18.9. The average molecular weight is 524 g/mol. The molecule has 2 atom stereocenters. The number of rotatable bonds is 5. The SMILES string of the molecule is Cc1cc(Cl)cc(C2C(C(=O)Nc3cccc(C(=O)N(C)c4ccc(F)cc4)c3F)C2(Cl)Cl)c1. The van der Waals surface area contributed by atoms with Gasteiger partial charge in [-0.1, -0.05) is 23.7 Å². The van der Waals surface area contributed by atoms with Crippen LogP contribution in [0.25, 0.3) is 0 Å². The maximum Gasteiger partial charge on any atom is 0.261 e. The molecule has 1 aliphatic carbocycles. The van der Waals surface area contributed by atoms with Crippen molar-refractivity contribution in [2.24, 2.45) is 5.92 Å². The quantitative estimate of drug-likeness (QED) is 0.377. The van der Waals surface area contributed by atoms with Crippen molar-refractivity contribution < 1.29 is 18.4 Å². The van der Waals surface area contributed by atoms with Crippen LogP contribution >= 0.6 is 34.8 Å². The van der Waals surface area contributed by atoms with Crippen LogP contribution in [0.4, 0.5) is 20.2 Å². The minimum atomic E-state index is -1.38. The van der Waals surface area contributed by atoms with Crippen molar-refractivity contribution in [2.75, 3.05) is 17.3 Å². The van der Waals surface area contributed by atoms with Crippen LogP contribution in [0, 0.1) is 24.5 Å². The summed E-state index contributed by atoms with van der Waals surface area (Å²) in [7, 11) is 1.44. The molecule has 2 amide bonds. The van der Waals surface area contributed by atoms with Crippen molar-refractivity contribution in [1.82, 2.24) is 0 Å². The molecule has 0 aromatic heterocycles. The van der Waals surface area contributed by atoms with Crippen LogP contribution in [0.15, 0.2) is 60.7 Å². The van der Waals surface area contributed by atoms with Crippen LogP contribution < -0.4 is 10.2 Å². The number of aryl methyl sites for hydroxylation is 1. The Bertz CT molecular complexity index is 1260. The lowest BCUT2D eigenvalue weighted by Gasteiger charge is -2.18. The summed E-state index contributed by atoms with van der Waals surface area (Å²) in [6.45, 7) is 1.86. The number of nitrogens with one attached hydrogen (secondary N) is 1. The van der Waals surface area contributed by atoms with E-state index in [-0.39, 0.29) is 11.3 Å². The molecule has 1 N–H and O–H groups in total. The summed E-state index contributed by atoms with van der Waals surface area (Å²) in [5, 5.41) is 3.00. The van der Waals surface area contributed by atoms with Gasteiger partial charge in [0, 0.05) is 23.7 Å². The number of benzene rings is 3. The number of anilines is 2. The van der Waals surface area contributed by atoms with Crippen LogP contribution in [0.2, 0.25) is 5.02 Å². The van der Waals surface area contributed by atoms with Gasteiger partial charge < -0.3 is 10.2 Å². The van der Waals surface area contributed by atoms with Gasteiger partial charge in [0.15, 0.2) is 5.82 Å². The van der Waals surface area contributed by atoms with Crippen LogP contribution in [0.3, 0.4) is 0 Å². The fourth-order valence-electron chi connectivity index (χ4n) is 3.98. The van der Waals surface area contributed by atoms with Crippen molar-refractivity contribution in [3.63, 3.8) is 0 Å². The fourth-order valence-corrected chi connectivity index (χ4v) is 5.10. The summed E-state index contributed by atoms with van der Waals surface area (Å²) in [5.41, 5.74) is 1.54. The van der Waals surface area contributed by atoms with Crippen molar-refractivity contribution in [3.8, 4) is 0 Å². The van der Waals surface area contributed by atoms with Gasteiger partial charge in [0.1, 0.15) is 10.2 Å². The number of hydrogen-bond donors (Lipinski definition) is 1. The first-order chi connectivity index (χ1) is 16.0. The van der Waals surface area contributed by atoms with Gasteiger partial charge in [-0.3, -0.25) is 9.59 Å². The maximum absolute atomic E-state index is 15.2. The van der Waals surface area contributed by atoms with E-state index >= 15 is 4.39 Å². The number of carbonyl (C=O) groups is 2. The topological polar surface area (TPSA) is 49.4 Å². The second kappa shape index (κ2) is 9.17. The van der Waals surface area contributed by atoms with E-state index in [4.69, 9.17) is 34.8 Å². The van der Waals surface area contributed by atoms with E-state index < -0.39 is 39.6 Å². The molecular weight excluding hydrogens is 505 g/mol. The van der Waals surface area contributed by atoms with E-state index in [0.29, 0.717) is 16.3 Å². The Morgan fingerprint density at radius 1 is 1.03 bits per heavy atom. The third-order valence-corrected chi connectivity index (χ3v) is 6.92. The van der Waals surface area contributed by atoms with Crippen LogP contribution in [-0.4, -0.2) is 23.2 Å². The Hall–Kier alpha value is -2.67. The van der Waals surface area contributed by atoms with Crippen molar-refractivity contribution in [3.05, 3.63) is 94.0 Å². The van der Waals surface area contributed by atoms with Gasteiger partial charge in [-0.25, -0.2) is 8.78 Å². The lowest BCUT2D eigenvalue weighted by Crippen LogP contribution is -2.27. The standard InChI is InChI=1S/C25H19Cl3F2N2O2/c1-13-10-14(12-15(26)11-13)20-21(25(20,27)28)23(33)31-19-5-3-4-18(22(19)30)24(34)32(2)17-8-6-16(29)7-9-17/h3-12,20-21H,1-2H3,(H,31,33). The van der Waals surface area contributed by atoms with Gasteiger partial charge in [0.05, 0.1) is 17.2 Å². The Labute approximate surface area is 210 Å². The lowest BCUT2D eigenvalue weighted by molar-refractivity contribution is -0.117. The second-order valence-corrected chi connectivity index (χ2v) is 10.1. The molecule has 9 heteroatoms. The number of carbonyl (C=O) groups excluding carboxylic acids is 2. The van der Waals surface area contributed by atoms with Gasteiger partial charge >= 0.3 is 0 Å². The highest BCUT2D eigenvalue weighted by Gasteiger charge is 2.67. The van der Waals surface area contributed by atoms with Crippen molar-refractivity contribution >= 4 is 58.0 Å². The first-order valence-corrected chi connectivity index (χ1v) is 11.4. The van der Waals surface area contributed by atoms with Gasteiger partial charge in [-0.2, -0.15) is 0 Å². The predicted octanol–water partition coefficient (Wildman–Crippen LogP) is 6.73. The molecule has 3 aromatic rings. The Kier molecular flexibility index (Phi) is 6.60. The number of alkyl halides is 2. The van der Waals surface area contributed by atoms with E-state index in [9.17, 15) is 14.0 Å². The molecule has 4 nitrogen and oxygen atoms in total. The average Bonchev–Trinajstić information content (AvgIpc) is 3.36. The molecule has 0 aliphatic heterocycles. The van der Waals surface area contributed by atoms with Crippen LogP contribution in [0.1, 0.15) is 27.4 Å². The Balaban J connectivity index is 1.54. The van der Waals surface area contributed by atoms with Gasteiger partial charge in [-0.05, 0) is 66.6 Å². The summed E-state index contributed by atoms with van der Waals surface area (Å²) in [5.74, 6) is -3.96. The summed E-state index contributed by atoms with van der Waals surface area (Å²) in [6, 6.07) is 14.6. The van der Waals surface area contributed by atoms with Gasteiger partial charge in [0.25, 0.3) is 5.91 Å². The summed E-state index contributed by atoms with van der Waals surface area (Å²) < 4.78 is 27.0. The van der Waals surface area contributed by atoms with Crippen LogP contribution in [0.5, 0.6) is 0 Å². The molecule has 3 aromatic carbocycles. The van der Waals surface area contributed by atoms with Gasteiger partial charge in [0.2, 0.25) is 5.91 Å². The zero-order valence-corrected chi connectivity index (χ0v) is 20.3. The van der Waals surface area contributed by atoms with Crippen molar-refractivity contribution in [2.45, 2.75) is 17.2 Å².